The number of nitrogens with zero attached hydrogens (tertiary/aromatic N) is 1. The Balaban J connectivity index is 2.51. The highest BCUT2D eigenvalue weighted by Gasteiger charge is 2.16. The summed E-state index contributed by atoms with van der Waals surface area (Å²) in [6.07, 6.45) is 2.32. The van der Waals surface area contributed by atoms with Crippen LogP contribution in [0.15, 0.2) is 36.7 Å². The lowest BCUT2D eigenvalue weighted by Gasteiger charge is -2.04. The Hall–Kier alpha value is -1.45. The maximum absolute atomic E-state index is 13.4. The maximum atomic E-state index is 13.4. The largest absolute Gasteiger partial charge is 0.288 e. The number of carbonyl (C=O) groups excluding carboxylic acids is 1. The molecule has 0 bridgehead atoms. The summed E-state index contributed by atoms with van der Waals surface area (Å²) in [6, 6.07) is 5.76. The fourth-order valence-corrected chi connectivity index (χ4v) is 1.75. The van der Waals surface area contributed by atoms with Crippen LogP contribution in [0.4, 0.5) is 4.39 Å². The van der Waals surface area contributed by atoms with E-state index < -0.39 is 11.6 Å². The molecule has 2 nitrogen and oxygen atoms in total. The van der Waals surface area contributed by atoms with Crippen LogP contribution in [0.5, 0.6) is 0 Å². The molecular formula is C12H6Cl2FNO. The van der Waals surface area contributed by atoms with E-state index >= 15 is 0 Å². The van der Waals surface area contributed by atoms with E-state index in [9.17, 15) is 9.18 Å². The van der Waals surface area contributed by atoms with E-state index in [-0.39, 0.29) is 16.1 Å². The zero-order valence-electron chi connectivity index (χ0n) is 8.45. The smallest absolute Gasteiger partial charge is 0.197 e. The molecule has 1 heterocycles. The second-order valence-electron chi connectivity index (χ2n) is 3.31. The van der Waals surface area contributed by atoms with Crippen LogP contribution in [0, 0.1) is 5.82 Å². The van der Waals surface area contributed by atoms with Crippen molar-refractivity contribution >= 4 is 29.0 Å². The van der Waals surface area contributed by atoms with Crippen molar-refractivity contribution in [3.05, 3.63) is 63.6 Å². The maximum Gasteiger partial charge on any atom is 0.197 e. The molecule has 0 amide bonds. The van der Waals surface area contributed by atoms with E-state index in [0.717, 1.165) is 6.20 Å². The highest BCUT2D eigenvalue weighted by atomic mass is 35.5. The SMILES string of the molecule is O=C(c1ccncc1F)c1cc(Cl)ccc1Cl. The monoisotopic (exact) mass is 269 g/mol. The Morgan fingerprint density at radius 1 is 1.18 bits per heavy atom. The van der Waals surface area contributed by atoms with Crippen LogP contribution in [0.1, 0.15) is 15.9 Å². The predicted molar refractivity (Wildman–Crippen MR) is 64.1 cm³/mol. The highest BCUT2D eigenvalue weighted by Crippen LogP contribution is 2.23. The molecule has 0 aliphatic carbocycles. The molecule has 0 radical (unpaired) electrons. The molecule has 0 unspecified atom stereocenters. The number of rotatable bonds is 2. The fourth-order valence-electron chi connectivity index (χ4n) is 1.38. The average molecular weight is 270 g/mol. The van der Waals surface area contributed by atoms with Crippen LogP contribution < -0.4 is 0 Å². The van der Waals surface area contributed by atoms with Crippen LogP contribution in [-0.4, -0.2) is 10.8 Å². The first-order chi connectivity index (χ1) is 8.09. The summed E-state index contributed by atoms with van der Waals surface area (Å²) in [5.41, 5.74) is 0.0911. The van der Waals surface area contributed by atoms with E-state index in [1.165, 1.54) is 24.4 Å². The van der Waals surface area contributed by atoms with Crippen LogP contribution in [-0.2, 0) is 0 Å². The molecule has 5 heteroatoms. The van der Waals surface area contributed by atoms with E-state index in [1.54, 1.807) is 6.07 Å². The Kier molecular flexibility index (Phi) is 3.41. The fraction of sp³-hybridized carbons (Fsp3) is 0. The van der Waals surface area contributed by atoms with Gasteiger partial charge in [0.2, 0.25) is 0 Å². The quantitative estimate of drug-likeness (QED) is 0.778. The molecular weight excluding hydrogens is 264 g/mol. The first-order valence-corrected chi connectivity index (χ1v) is 5.44. The summed E-state index contributed by atoms with van der Waals surface area (Å²) < 4.78 is 13.4. The van der Waals surface area contributed by atoms with Gasteiger partial charge in [-0.2, -0.15) is 0 Å². The van der Waals surface area contributed by atoms with Crippen LogP contribution in [0.25, 0.3) is 0 Å². The Bertz CT molecular complexity index is 586. The standard InChI is InChI=1S/C12H6Cl2FNO/c13-7-1-2-10(14)9(5-7)12(17)8-3-4-16-6-11(8)15/h1-6H. The van der Waals surface area contributed by atoms with Gasteiger partial charge in [-0.05, 0) is 24.3 Å². The third-order valence-corrected chi connectivity index (χ3v) is 2.75. The first-order valence-electron chi connectivity index (χ1n) is 4.69. The van der Waals surface area contributed by atoms with Crippen molar-refractivity contribution in [2.45, 2.75) is 0 Å². The molecule has 1 aromatic carbocycles. The van der Waals surface area contributed by atoms with Crippen molar-refractivity contribution in [1.29, 1.82) is 0 Å². The van der Waals surface area contributed by atoms with Gasteiger partial charge in [0.15, 0.2) is 11.6 Å². The summed E-state index contributed by atoms with van der Waals surface area (Å²) in [5, 5.41) is 0.600. The summed E-state index contributed by atoms with van der Waals surface area (Å²) in [4.78, 5) is 15.6. The number of aromatic nitrogens is 1. The molecule has 0 saturated heterocycles. The molecule has 2 aromatic rings. The van der Waals surface area contributed by atoms with E-state index in [0.29, 0.717) is 5.02 Å². The van der Waals surface area contributed by atoms with Gasteiger partial charge >= 0.3 is 0 Å². The summed E-state index contributed by atoms with van der Waals surface area (Å²) in [5.74, 6) is -1.20. The number of benzene rings is 1. The van der Waals surface area contributed by atoms with E-state index in [2.05, 4.69) is 4.98 Å². The Morgan fingerprint density at radius 2 is 1.94 bits per heavy atom. The molecule has 0 saturated carbocycles. The second-order valence-corrected chi connectivity index (χ2v) is 4.15. The lowest BCUT2D eigenvalue weighted by Crippen LogP contribution is -2.05. The van der Waals surface area contributed by atoms with Gasteiger partial charge in [0.25, 0.3) is 0 Å². The van der Waals surface area contributed by atoms with Crippen molar-refractivity contribution in [2.75, 3.05) is 0 Å². The third-order valence-electron chi connectivity index (χ3n) is 2.19. The summed E-state index contributed by atoms with van der Waals surface area (Å²) >= 11 is 11.6. The molecule has 0 aliphatic rings. The van der Waals surface area contributed by atoms with E-state index in [1.807, 2.05) is 0 Å². The van der Waals surface area contributed by atoms with Gasteiger partial charge in [0.1, 0.15) is 0 Å². The topological polar surface area (TPSA) is 30.0 Å². The van der Waals surface area contributed by atoms with Crippen molar-refractivity contribution in [1.82, 2.24) is 4.98 Å². The van der Waals surface area contributed by atoms with Crippen molar-refractivity contribution < 1.29 is 9.18 Å². The molecule has 1 aromatic heterocycles. The lowest BCUT2D eigenvalue weighted by atomic mass is 10.0. The van der Waals surface area contributed by atoms with Gasteiger partial charge in [-0.3, -0.25) is 9.78 Å². The van der Waals surface area contributed by atoms with Crippen molar-refractivity contribution in [3.63, 3.8) is 0 Å². The molecule has 86 valence electrons. The van der Waals surface area contributed by atoms with Crippen LogP contribution >= 0.6 is 23.2 Å². The zero-order valence-corrected chi connectivity index (χ0v) is 9.97. The summed E-state index contributed by atoms with van der Waals surface area (Å²) in [7, 11) is 0. The van der Waals surface area contributed by atoms with Crippen molar-refractivity contribution in [2.24, 2.45) is 0 Å². The van der Waals surface area contributed by atoms with Gasteiger partial charge in [-0.1, -0.05) is 23.2 Å². The molecule has 0 atom stereocenters. The number of pyridine rings is 1. The van der Waals surface area contributed by atoms with Crippen molar-refractivity contribution in [3.8, 4) is 0 Å². The molecule has 2 rings (SSSR count). The third kappa shape index (κ3) is 2.46. The van der Waals surface area contributed by atoms with Gasteiger partial charge in [-0.15, -0.1) is 0 Å². The minimum atomic E-state index is -0.687. The number of halogens is 3. The Morgan fingerprint density at radius 3 is 2.65 bits per heavy atom. The van der Waals surface area contributed by atoms with Gasteiger partial charge in [0.05, 0.1) is 16.8 Å². The van der Waals surface area contributed by atoms with Gasteiger partial charge in [0, 0.05) is 16.8 Å². The lowest BCUT2D eigenvalue weighted by molar-refractivity contribution is 0.103. The molecule has 0 aliphatic heterocycles. The molecule has 0 fully saturated rings. The number of hydrogen-bond acceptors (Lipinski definition) is 2. The van der Waals surface area contributed by atoms with Gasteiger partial charge < -0.3 is 0 Å². The number of ketones is 1. The molecule has 0 N–H and O–H groups in total. The normalized spacial score (nSPS) is 10.3. The Labute approximate surface area is 107 Å². The summed E-state index contributed by atoms with van der Waals surface area (Å²) in [6.45, 7) is 0. The van der Waals surface area contributed by atoms with Crippen LogP contribution in [0.3, 0.4) is 0 Å². The van der Waals surface area contributed by atoms with E-state index in [4.69, 9.17) is 23.2 Å². The minimum absolute atomic E-state index is 0.0795. The zero-order chi connectivity index (χ0) is 12.4. The number of hydrogen-bond donors (Lipinski definition) is 0. The van der Waals surface area contributed by atoms with Crippen LogP contribution in [0.2, 0.25) is 10.0 Å². The second kappa shape index (κ2) is 4.82. The average Bonchev–Trinajstić information content (AvgIpc) is 2.32. The molecule has 17 heavy (non-hydrogen) atoms. The minimum Gasteiger partial charge on any atom is -0.288 e. The highest BCUT2D eigenvalue weighted by molar-refractivity contribution is 6.36. The first kappa shape index (κ1) is 12.0. The predicted octanol–water partition coefficient (Wildman–Crippen LogP) is 3.76. The molecule has 0 spiro atoms. The number of carbonyl (C=O) groups is 1. The van der Waals surface area contributed by atoms with Gasteiger partial charge in [-0.25, -0.2) is 4.39 Å².